The molecule has 8 heteroatoms. The lowest BCUT2D eigenvalue weighted by molar-refractivity contribution is -0.111. The molecule has 2 amide bonds. The van der Waals surface area contributed by atoms with Crippen LogP contribution < -0.4 is 5.32 Å². The molecule has 4 rings (SSSR count). The third kappa shape index (κ3) is 4.52. The third-order valence-electron chi connectivity index (χ3n) is 5.14. The van der Waals surface area contributed by atoms with E-state index in [2.05, 4.69) is 11.4 Å². The first-order valence-corrected chi connectivity index (χ1v) is 11.4. The van der Waals surface area contributed by atoms with Gasteiger partial charge in [-0.1, -0.05) is 6.07 Å². The highest BCUT2D eigenvalue weighted by atomic mass is 32.1. The SMILES string of the molecule is N#Cc1c(NC(=O)/C=C/c2cccs2)sc2c1CCC(OC(=O)N1CCCC1)C2. The molecule has 1 atom stereocenters. The molecule has 2 aromatic rings. The van der Waals surface area contributed by atoms with E-state index in [9.17, 15) is 14.9 Å². The lowest BCUT2D eigenvalue weighted by Gasteiger charge is -2.25. The van der Waals surface area contributed by atoms with Crippen molar-refractivity contribution in [3.63, 3.8) is 0 Å². The number of nitrogens with one attached hydrogen (secondary N) is 1. The van der Waals surface area contributed by atoms with Gasteiger partial charge in [0.2, 0.25) is 5.91 Å². The van der Waals surface area contributed by atoms with Crippen molar-refractivity contribution in [2.24, 2.45) is 0 Å². The summed E-state index contributed by atoms with van der Waals surface area (Å²) in [6, 6.07) is 6.10. The minimum absolute atomic E-state index is 0.178. The molecule has 3 heterocycles. The van der Waals surface area contributed by atoms with Gasteiger partial charge in [0.05, 0.1) is 5.56 Å². The molecule has 1 unspecified atom stereocenters. The van der Waals surface area contributed by atoms with Gasteiger partial charge in [0.1, 0.15) is 17.2 Å². The highest BCUT2D eigenvalue weighted by molar-refractivity contribution is 7.16. The van der Waals surface area contributed by atoms with Crippen molar-refractivity contribution in [2.75, 3.05) is 18.4 Å². The predicted octanol–water partition coefficient (Wildman–Crippen LogP) is 4.42. The topological polar surface area (TPSA) is 82.4 Å². The molecule has 6 nitrogen and oxygen atoms in total. The van der Waals surface area contributed by atoms with Gasteiger partial charge in [0.15, 0.2) is 0 Å². The van der Waals surface area contributed by atoms with Crippen molar-refractivity contribution in [2.45, 2.75) is 38.2 Å². The normalized spacial score (nSPS) is 18.4. The summed E-state index contributed by atoms with van der Waals surface area (Å²) >= 11 is 2.96. The van der Waals surface area contributed by atoms with E-state index in [1.165, 1.54) is 17.4 Å². The average Bonchev–Trinajstić information content (AvgIpc) is 3.46. The molecule has 2 aliphatic rings. The Kier molecular flexibility index (Phi) is 5.97. The minimum Gasteiger partial charge on any atom is -0.446 e. The van der Waals surface area contributed by atoms with Crippen LogP contribution in [0.1, 0.15) is 40.1 Å². The Balaban J connectivity index is 1.42. The largest absolute Gasteiger partial charge is 0.446 e. The molecule has 0 spiro atoms. The number of nitrogens with zero attached hydrogens (tertiary/aromatic N) is 2. The highest BCUT2D eigenvalue weighted by Crippen LogP contribution is 2.38. The molecule has 1 aliphatic heterocycles. The first-order chi connectivity index (χ1) is 14.1. The van der Waals surface area contributed by atoms with Gasteiger partial charge in [-0.15, -0.1) is 22.7 Å². The average molecular weight is 428 g/mol. The van der Waals surface area contributed by atoms with Crippen LogP contribution in [0.3, 0.4) is 0 Å². The van der Waals surface area contributed by atoms with Crippen LogP contribution in [-0.2, 0) is 22.4 Å². The van der Waals surface area contributed by atoms with Crippen LogP contribution in [-0.4, -0.2) is 36.1 Å². The Morgan fingerprint density at radius 3 is 2.90 bits per heavy atom. The number of thiophene rings is 2. The number of carbonyl (C=O) groups excluding carboxylic acids is 2. The summed E-state index contributed by atoms with van der Waals surface area (Å²) in [6.45, 7) is 1.53. The van der Waals surface area contributed by atoms with Crippen molar-refractivity contribution in [3.8, 4) is 6.07 Å². The van der Waals surface area contributed by atoms with Gasteiger partial charge < -0.3 is 15.0 Å². The first-order valence-electron chi connectivity index (χ1n) is 9.67. The number of likely N-dealkylation sites (tertiary alicyclic amines) is 1. The Hall–Kier alpha value is -2.63. The fourth-order valence-corrected chi connectivity index (χ4v) is 5.56. The second-order valence-corrected chi connectivity index (χ2v) is 9.18. The van der Waals surface area contributed by atoms with Crippen molar-refractivity contribution < 1.29 is 14.3 Å². The first kappa shape index (κ1) is 19.7. The quantitative estimate of drug-likeness (QED) is 0.732. The number of amides is 2. The van der Waals surface area contributed by atoms with E-state index in [1.807, 2.05) is 17.5 Å². The Morgan fingerprint density at radius 2 is 2.17 bits per heavy atom. The summed E-state index contributed by atoms with van der Waals surface area (Å²) in [4.78, 5) is 28.3. The number of anilines is 1. The monoisotopic (exact) mass is 427 g/mol. The number of rotatable bonds is 4. The second kappa shape index (κ2) is 8.80. The van der Waals surface area contributed by atoms with Gasteiger partial charge in [-0.2, -0.15) is 5.26 Å². The summed E-state index contributed by atoms with van der Waals surface area (Å²) in [5.74, 6) is -0.259. The van der Waals surface area contributed by atoms with E-state index in [4.69, 9.17) is 4.74 Å². The molecule has 1 aliphatic carbocycles. The molecular weight excluding hydrogens is 406 g/mol. The molecule has 0 radical (unpaired) electrons. The molecule has 29 heavy (non-hydrogen) atoms. The minimum atomic E-state index is -0.259. The molecule has 0 bridgehead atoms. The van der Waals surface area contributed by atoms with Crippen LogP contribution in [0.4, 0.5) is 9.80 Å². The summed E-state index contributed by atoms with van der Waals surface area (Å²) in [5, 5.41) is 15.0. The van der Waals surface area contributed by atoms with Crippen LogP contribution in [0.25, 0.3) is 6.08 Å². The van der Waals surface area contributed by atoms with Crippen molar-refractivity contribution in [3.05, 3.63) is 44.5 Å². The Labute approximate surface area is 177 Å². The zero-order valence-corrected chi connectivity index (χ0v) is 17.5. The van der Waals surface area contributed by atoms with E-state index in [0.29, 0.717) is 29.8 Å². The van der Waals surface area contributed by atoms with E-state index < -0.39 is 0 Å². The van der Waals surface area contributed by atoms with Crippen molar-refractivity contribution in [1.29, 1.82) is 5.26 Å². The maximum Gasteiger partial charge on any atom is 0.410 e. The highest BCUT2D eigenvalue weighted by Gasteiger charge is 2.30. The zero-order chi connectivity index (χ0) is 20.2. The summed E-state index contributed by atoms with van der Waals surface area (Å²) in [5.41, 5.74) is 1.51. The van der Waals surface area contributed by atoms with E-state index >= 15 is 0 Å². The van der Waals surface area contributed by atoms with Crippen molar-refractivity contribution in [1.82, 2.24) is 4.90 Å². The second-order valence-electron chi connectivity index (χ2n) is 7.10. The van der Waals surface area contributed by atoms with Gasteiger partial charge >= 0.3 is 6.09 Å². The van der Waals surface area contributed by atoms with Crippen LogP contribution in [0.15, 0.2) is 23.6 Å². The molecule has 1 fully saturated rings. The lowest BCUT2D eigenvalue weighted by atomic mass is 9.94. The summed E-state index contributed by atoms with van der Waals surface area (Å²) < 4.78 is 5.69. The Morgan fingerprint density at radius 1 is 1.34 bits per heavy atom. The number of hydrogen-bond acceptors (Lipinski definition) is 6. The molecule has 150 valence electrons. The fraction of sp³-hybridized carbons (Fsp3) is 0.381. The van der Waals surface area contributed by atoms with Gasteiger partial charge in [-0.25, -0.2) is 4.79 Å². The fourth-order valence-electron chi connectivity index (χ4n) is 3.68. The van der Waals surface area contributed by atoms with Crippen LogP contribution in [0.2, 0.25) is 0 Å². The maximum absolute atomic E-state index is 12.3. The van der Waals surface area contributed by atoms with Gasteiger partial charge in [-0.05, 0) is 48.8 Å². The molecule has 0 saturated carbocycles. The van der Waals surface area contributed by atoms with Gasteiger partial charge in [0, 0.05) is 35.3 Å². The van der Waals surface area contributed by atoms with Crippen LogP contribution in [0, 0.1) is 11.3 Å². The number of nitriles is 1. The summed E-state index contributed by atoms with van der Waals surface area (Å²) in [6.07, 6.45) is 6.85. The molecular formula is C21H21N3O3S2. The number of carbonyl (C=O) groups is 2. The van der Waals surface area contributed by atoms with E-state index in [0.717, 1.165) is 41.2 Å². The van der Waals surface area contributed by atoms with Gasteiger partial charge in [-0.3, -0.25) is 4.79 Å². The maximum atomic E-state index is 12.3. The van der Waals surface area contributed by atoms with Crippen molar-refractivity contribution >= 4 is 45.8 Å². The van der Waals surface area contributed by atoms with Crippen LogP contribution in [0.5, 0.6) is 0 Å². The van der Waals surface area contributed by atoms with E-state index in [1.54, 1.807) is 22.3 Å². The molecule has 1 saturated heterocycles. The van der Waals surface area contributed by atoms with E-state index in [-0.39, 0.29) is 18.1 Å². The predicted molar refractivity (Wildman–Crippen MR) is 114 cm³/mol. The molecule has 2 aromatic heterocycles. The zero-order valence-electron chi connectivity index (χ0n) is 15.8. The number of fused-ring (bicyclic) bond motifs is 1. The van der Waals surface area contributed by atoms with Gasteiger partial charge in [0.25, 0.3) is 0 Å². The third-order valence-corrected chi connectivity index (χ3v) is 7.15. The smallest absolute Gasteiger partial charge is 0.410 e. The summed E-state index contributed by atoms with van der Waals surface area (Å²) in [7, 11) is 0. The molecule has 1 N–H and O–H groups in total. The lowest BCUT2D eigenvalue weighted by Crippen LogP contribution is -2.34. The number of hydrogen-bond donors (Lipinski definition) is 1. The standard InChI is InChI=1S/C21H21N3O3S2/c22-13-17-16-7-5-14(27-21(26)24-9-1-2-10-24)12-18(16)29-20(17)23-19(25)8-6-15-4-3-11-28-15/h3-4,6,8,11,14H,1-2,5,7,9-10,12H2,(H,23,25)/b8-6+. The number of ether oxygens (including phenoxy) is 1. The van der Waals surface area contributed by atoms with Crippen LogP contribution >= 0.6 is 22.7 Å². The Bertz CT molecular complexity index is 966. The molecule has 0 aromatic carbocycles.